The molecule has 134 valence electrons. The van der Waals surface area contributed by atoms with Gasteiger partial charge in [-0.3, -0.25) is 14.1 Å². The fraction of sp³-hybridized carbons (Fsp3) is 0.632. The molecule has 0 aromatic carbocycles. The second-order valence-electron chi connectivity index (χ2n) is 7.86. The second-order valence-corrected chi connectivity index (χ2v) is 7.86. The van der Waals surface area contributed by atoms with E-state index in [-0.39, 0.29) is 11.9 Å². The largest absolute Gasteiger partial charge is 0.341 e. The van der Waals surface area contributed by atoms with E-state index in [1.807, 2.05) is 24.4 Å². The van der Waals surface area contributed by atoms with Crippen LogP contribution in [0, 0.1) is 11.8 Å². The van der Waals surface area contributed by atoms with E-state index in [2.05, 4.69) is 38.2 Å². The van der Waals surface area contributed by atoms with Crippen molar-refractivity contribution in [3.05, 3.63) is 30.2 Å². The fourth-order valence-corrected chi connectivity index (χ4v) is 4.54. The van der Waals surface area contributed by atoms with Crippen LogP contribution < -0.4 is 0 Å². The van der Waals surface area contributed by atoms with Crippen molar-refractivity contribution in [1.82, 2.24) is 24.4 Å². The van der Waals surface area contributed by atoms with E-state index in [1.165, 1.54) is 6.42 Å². The average Bonchev–Trinajstić information content (AvgIpc) is 3.20. The third-order valence-electron chi connectivity index (χ3n) is 5.56. The van der Waals surface area contributed by atoms with Crippen LogP contribution in [0.4, 0.5) is 0 Å². The molecule has 2 aromatic heterocycles. The SMILES string of the molecule is C[C@@H]1C[C@H](C)CN(C(=O)CN2CCC[C@@H]2c2nnc3ccccn23)C1. The van der Waals surface area contributed by atoms with Crippen molar-refractivity contribution in [1.29, 1.82) is 0 Å². The number of rotatable bonds is 3. The molecule has 0 unspecified atom stereocenters. The van der Waals surface area contributed by atoms with Gasteiger partial charge in [0.15, 0.2) is 11.5 Å². The molecule has 0 spiro atoms. The highest BCUT2D eigenvalue weighted by molar-refractivity contribution is 5.78. The molecule has 4 rings (SSSR count). The Labute approximate surface area is 148 Å². The number of pyridine rings is 1. The quantitative estimate of drug-likeness (QED) is 0.860. The first kappa shape index (κ1) is 16.5. The summed E-state index contributed by atoms with van der Waals surface area (Å²) in [7, 11) is 0. The van der Waals surface area contributed by atoms with E-state index in [1.54, 1.807) is 0 Å². The van der Waals surface area contributed by atoms with Gasteiger partial charge in [0.05, 0.1) is 12.6 Å². The van der Waals surface area contributed by atoms with E-state index in [0.717, 1.165) is 43.9 Å². The topological polar surface area (TPSA) is 53.7 Å². The van der Waals surface area contributed by atoms with Crippen molar-refractivity contribution < 1.29 is 4.79 Å². The molecule has 0 saturated carbocycles. The third kappa shape index (κ3) is 3.27. The summed E-state index contributed by atoms with van der Waals surface area (Å²) in [4.78, 5) is 17.2. The molecular formula is C19H27N5O. The van der Waals surface area contributed by atoms with E-state index in [9.17, 15) is 4.79 Å². The van der Waals surface area contributed by atoms with Gasteiger partial charge in [-0.25, -0.2) is 0 Å². The van der Waals surface area contributed by atoms with Crippen molar-refractivity contribution in [2.75, 3.05) is 26.2 Å². The monoisotopic (exact) mass is 341 g/mol. The molecule has 0 aliphatic carbocycles. The van der Waals surface area contributed by atoms with Crippen LogP contribution in [0.3, 0.4) is 0 Å². The predicted molar refractivity (Wildman–Crippen MR) is 96.1 cm³/mol. The molecule has 1 amide bonds. The standard InChI is InChI=1S/C19H27N5O/c1-14-10-15(2)12-23(11-14)18(25)13-22-8-5-6-16(22)19-21-20-17-7-3-4-9-24(17)19/h3-4,7,9,14-16H,5-6,8,10-13H2,1-2H3/t14-,15+,16-/m1/s1. The highest BCUT2D eigenvalue weighted by atomic mass is 16.2. The van der Waals surface area contributed by atoms with Gasteiger partial charge in [-0.15, -0.1) is 10.2 Å². The van der Waals surface area contributed by atoms with Crippen molar-refractivity contribution in [3.63, 3.8) is 0 Å². The van der Waals surface area contributed by atoms with Crippen LogP contribution in [-0.4, -0.2) is 56.5 Å². The summed E-state index contributed by atoms with van der Waals surface area (Å²) in [6, 6.07) is 6.13. The fourth-order valence-electron chi connectivity index (χ4n) is 4.54. The molecule has 3 atom stereocenters. The van der Waals surface area contributed by atoms with Crippen LogP contribution in [0.25, 0.3) is 5.65 Å². The van der Waals surface area contributed by atoms with Crippen molar-refractivity contribution in [3.8, 4) is 0 Å². The zero-order chi connectivity index (χ0) is 17.4. The lowest BCUT2D eigenvalue weighted by atomic mass is 9.92. The Balaban J connectivity index is 1.49. The third-order valence-corrected chi connectivity index (χ3v) is 5.56. The summed E-state index contributed by atoms with van der Waals surface area (Å²) < 4.78 is 2.05. The molecule has 2 aliphatic heterocycles. The lowest BCUT2D eigenvalue weighted by molar-refractivity contribution is -0.135. The number of hydrogen-bond acceptors (Lipinski definition) is 4. The van der Waals surface area contributed by atoms with E-state index in [4.69, 9.17) is 0 Å². The van der Waals surface area contributed by atoms with Gasteiger partial charge >= 0.3 is 0 Å². The molecule has 0 N–H and O–H groups in total. The molecule has 25 heavy (non-hydrogen) atoms. The van der Waals surface area contributed by atoms with Crippen LogP contribution in [0.2, 0.25) is 0 Å². The number of fused-ring (bicyclic) bond motifs is 1. The van der Waals surface area contributed by atoms with Gasteiger partial charge in [-0.1, -0.05) is 19.9 Å². The second kappa shape index (κ2) is 6.75. The first-order chi connectivity index (χ1) is 12.1. The van der Waals surface area contributed by atoms with E-state index < -0.39 is 0 Å². The molecule has 0 bridgehead atoms. The molecule has 4 heterocycles. The Bertz CT molecular complexity index is 747. The van der Waals surface area contributed by atoms with E-state index >= 15 is 0 Å². The Morgan fingerprint density at radius 3 is 2.80 bits per heavy atom. The van der Waals surface area contributed by atoms with Crippen molar-refractivity contribution in [2.24, 2.45) is 11.8 Å². The van der Waals surface area contributed by atoms with Crippen molar-refractivity contribution >= 4 is 11.6 Å². The maximum Gasteiger partial charge on any atom is 0.236 e. The summed E-state index contributed by atoms with van der Waals surface area (Å²) in [5.74, 6) is 2.42. The molecular weight excluding hydrogens is 314 g/mol. The summed E-state index contributed by atoms with van der Waals surface area (Å²) in [6.07, 6.45) is 5.38. The van der Waals surface area contributed by atoms with Crippen molar-refractivity contribution in [2.45, 2.75) is 39.2 Å². The number of piperidine rings is 1. The Morgan fingerprint density at radius 1 is 1.20 bits per heavy atom. The van der Waals surface area contributed by atoms with Crippen LogP contribution in [0.15, 0.2) is 24.4 Å². The van der Waals surface area contributed by atoms with Gasteiger partial charge in [-0.05, 0) is 49.8 Å². The number of carbonyl (C=O) groups excluding carboxylic acids is 1. The maximum atomic E-state index is 12.9. The number of likely N-dealkylation sites (tertiary alicyclic amines) is 2. The Morgan fingerprint density at radius 2 is 2.00 bits per heavy atom. The minimum absolute atomic E-state index is 0.181. The Hall–Kier alpha value is -1.95. The molecule has 6 heteroatoms. The minimum Gasteiger partial charge on any atom is -0.341 e. The highest BCUT2D eigenvalue weighted by Crippen LogP contribution is 2.31. The van der Waals surface area contributed by atoms with E-state index in [0.29, 0.717) is 18.4 Å². The molecule has 6 nitrogen and oxygen atoms in total. The summed E-state index contributed by atoms with van der Waals surface area (Å²) in [6.45, 7) is 7.74. The van der Waals surface area contributed by atoms with Gasteiger partial charge in [-0.2, -0.15) is 0 Å². The number of carbonyl (C=O) groups is 1. The number of hydrogen-bond donors (Lipinski definition) is 0. The molecule has 2 saturated heterocycles. The van der Waals surface area contributed by atoms with Crippen LogP contribution in [0.1, 0.15) is 45.0 Å². The number of nitrogens with zero attached hydrogens (tertiary/aromatic N) is 5. The van der Waals surface area contributed by atoms with Gasteiger partial charge < -0.3 is 4.90 Å². The summed E-state index contributed by atoms with van der Waals surface area (Å²) >= 11 is 0. The van der Waals surface area contributed by atoms with Crippen LogP contribution in [-0.2, 0) is 4.79 Å². The van der Waals surface area contributed by atoms with Gasteiger partial charge in [0, 0.05) is 19.3 Å². The molecule has 2 fully saturated rings. The number of aromatic nitrogens is 3. The minimum atomic E-state index is 0.181. The maximum absolute atomic E-state index is 12.9. The van der Waals surface area contributed by atoms with Crippen LogP contribution >= 0.6 is 0 Å². The normalized spacial score (nSPS) is 27.9. The highest BCUT2D eigenvalue weighted by Gasteiger charge is 2.33. The summed E-state index contributed by atoms with van der Waals surface area (Å²) in [5.41, 5.74) is 0.870. The van der Waals surface area contributed by atoms with Crippen LogP contribution in [0.5, 0.6) is 0 Å². The number of amides is 1. The zero-order valence-electron chi connectivity index (χ0n) is 15.1. The first-order valence-corrected chi connectivity index (χ1v) is 9.43. The predicted octanol–water partition coefficient (Wildman–Crippen LogP) is 2.37. The molecule has 2 aromatic rings. The van der Waals surface area contributed by atoms with Gasteiger partial charge in [0.25, 0.3) is 0 Å². The average molecular weight is 341 g/mol. The van der Waals surface area contributed by atoms with Gasteiger partial charge in [0.1, 0.15) is 0 Å². The zero-order valence-corrected chi connectivity index (χ0v) is 15.1. The Kier molecular flexibility index (Phi) is 4.46. The summed E-state index contributed by atoms with van der Waals surface area (Å²) in [5, 5.41) is 8.70. The molecule has 0 radical (unpaired) electrons. The molecule has 2 aliphatic rings. The van der Waals surface area contributed by atoms with Gasteiger partial charge in [0.2, 0.25) is 5.91 Å². The smallest absolute Gasteiger partial charge is 0.236 e. The first-order valence-electron chi connectivity index (χ1n) is 9.43. The lowest BCUT2D eigenvalue weighted by Crippen LogP contribution is -2.47. The lowest BCUT2D eigenvalue weighted by Gasteiger charge is -2.36.